The molecule has 16 heavy (non-hydrogen) atoms. The second-order valence-electron chi connectivity index (χ2n) is 3.59. The van der Waals surface area contributed by atoms with Gasteiger partial charge in [0.1, 0.15) is 16.1 Å². The van der Waals surface area contributed by atoms with Crippen LogP contribution in [0, 0.1) is 6.92 Å². The molecule has 0 bridgehead atoms. The van der Waals surface area contributed by atoms with Gasteiger partial charge in [0.2, 0.25) is 0 Å². The molecule has 2 rings (SSSR count). The Morgan fingerprint density at radius 2 is 1.56 bits per heavy atom. The minimum absolute atomic E-state index is 0.377. The summed E-state index contributed by atoms with van der Waals surface area (Å²) in [7, 11) is 0. The first-order chi connectivity index (χ1) is 7.63. The third-order valence-electron chi connectivity index (χ3n) is 2.19. The molecule has 1 heterocycles. The van der Waals surface area contributed by atoms with Crippen molar-refractivity contribution in [2.75, 3.05) is 0 Å². The summed E-state index contributed by atoms with van der Waals surface area (Å²) in [5.74, 6) is 0.640. The van der Waals surface area contributed by atoms with Gasteiger partial charge in [0.25, 0.3) is 0 Å². The van der Waals surface area contributed by atoms with E-state index < -0.39 is 0 Å². The highest BCUT2D eigenvalue weighted by Gasteiger charge is 2.03. The Kier molecular flexibility index (Phi) is 3.42. The van der Waals surface area contributed by atoms with E-state index in [9.17, 15) is 0 Å². The Morgan fingerprint density at radius 1 is 1.00 bits per heavy atom. The minimum Gasteiger partial charge on any atom is -0.221 e. The van der Waals surface area contributed by atoms with Crippen LogP contribution < -0.4 is 0 Å². The molecule has 0 atom stereocenters. The Hall–Kier alpha value is -1.12. The molecule has 0 saturated carbocycles. The van der Waals surface area contributed by atoms with Crippen LogP contribution in [0.4, 0.5) is 0 Å². The number of nitrogens with zero attached hydrogens (tertiary/aromatic N) is 2. The first-order valence-electron chi connectivity index (χ1n) is 4.88. The lowest BCUT2D eigenvalue weighted by Gasteiger charge is -2.02. The van der Waals surface area contributed by atoms with E-state index in [4.69, 9.17) is 23.2 Å². The van der Waals surface area contributed by atoms with E-state index in [2.05, 4.69) is 29.0 Å². The van der Waals surface area contributed by atoms with Gasteiger partial charge in [-0.2, -0.15) is 0 Å². The molecule has 0 radical (unpaired) electrons. The maximum Gasteiger partial charge on any atom is 0.136 e. The highest BCUT2D eigenvalue weighted by atomic mass is 35.5. The zero-order chi connectivity index (χ0) is 11.5. The average molecular weight is 253 g/mol. The van der Waals surface area contributed by atoms with Crippen molar-refractivity contribution < 1.29 is 0 Å². The smallest absolute Gasteiger partial charge is 0.136 e. The lowest BCUT2D eigenvalue weighted by atomic mass is 10.1. The quantitative estimate of drug-likeness (QED) is 0.763. The fourth-order valence-corrected chi connectivity index (χ4v) is 1.86. The highest BCUT2D eigenvalue weighted by Crippen LogP contribution is 2.14. The van der Waals surface area contributed by atoms with Gasteiger partial charge in [0.15, 0.2) is 0 Å². The van der Waals surface area contributed by atoms with Gasteiger partial charge in [-0.3, -0.25) is 0 Å². The van der Waals surface area contributed by atoms with E-state index in [-0.39, 0.29) is 0 Å². The molecule has 0 aliphatic carbocycles. The maximum atomic E-state index is 5.81. The molecule has 0 aliphatic rings. The zero-order valence-corrected chi connectivity index (χ0v) is 10.3. The number of benzene rings is 1. The summed E-state index contributed by atoms with van der Waals surface area (Å²) in [6, 6.07) is 9.74. The predicted octanol–water partition coefficient (Wildman–Crippen LogP) is 3.68. The molecule has 1 aromatic heterocycles. The first-order valence-corrected chi connectivity index (χ1v) is 5.63. The Balaban J connectivity index is 2.23. The van der Waals surface area contributed by atoms with Crippen LogP contribution in [0.1, 0.15) is 17.0 Å². The molecule has 82 valence electrons. The molecule has 2 nitrogen and oxygen atoms in total. The predicted molar refractivity (Wildman–Crippen MR) is 66.0 cm³/mol. The van der Waals surface area contributed by atoms with E-state index in [1.165, 1.54) is 11.6 Å². The van der Waals surface area contributed by atoms with Crippen molar-refractivity contribution in [1.82, 2.24) is 9.97 Å². The number of hydrogen-bond donors (Lipinski definition) is 0. The molecule has 0 aliphatic heterocycles. The fraction of sp³-hybridized carbons (Fsp3) is 0.167. The van der Waals surface area contributed by atoms with Crippen molar-refractivity contribution in [1.29, 1.82) is 0 Å². The van der Waals surface area contributed by atoms with Gasteiger partial charge in [-0.05, 0) is 12.5 Å². The van der Waals surface area contributed by atoms with Crippen LogP contribution in [0.2, 0.25) is 10.3 Å². The van der Waals surface area contributed by atoms with Crippen molar-refractivity contribution in [3.63, 3.8) is 0 Å². The molecular weight excluding hydrogens is 243 g/mol. The number of aromatic nitrogens is 2. The Labute approximate surface area is 104 Å². The van der Waals surface area contributed by atoms with E-state index in [0.717, 1.165) is 5.56 Å². The molecular formula is C12H10Cl2N2. The van der Waals surface area contributed by atoms with Gasteiger partial charge in [-0.1, -0.05) is 53.0 Å². The van der Waals surface area contributed by atoms with Crippen LogP contribution >= 0.6 is 23.2 Å². The van der Waals surface area contributed by atoms with Crippen LogP contribution in [0.15, 0.2) is 30.3 Å². The van der Waals surface area contributed by atoms with Gasteiger partial charge in [0.05, 0.1) is 0 Å². The first kappa shape index (κ1) is 11.4. The summed E-state index contributed by atoms with van der Waals surface area (Å²) >= 11 is 11.6. The van der Waals surface area contributed by atoms with E-state index >= 15 is 0 Å². The van der Waals surface area contributed by atoms with Gasteiger partial charge in [-0.15, -0.1) is 0 Å². The van der Waals surface area contributed by atoms with Crippen molar-refractivity contribution in [3.8, 4) is 0 Å². The van der Waals surface area contributed by atoms with Crippen molar-refractivity contribution in [2.45, 2.75) is 13.3 Å². The standard InChI is InChI=1S/C12H10Cl2N2/c1-8-2-4-9(5-3-8)6-12-15-10(13)7-11(14)16-12/h2-5,7H,6H2,1H3. The van der Waals surface area contributed by atoms with Crippen molar-refractivity contribution in [2.24, 2.45) is 0 Å². The van der Waals surface area contributed by atoms with Crippen LogP contribution in [-0.4, -0.2) is 9.97 Å². The molecule has 0 amide bonds. The lowest BCUT2D eigenvalue weighted by Crippen LogP contribution is -1.97. The number of halogens is 2. The molecule has 4 heteroatoms. The number of hydrogen-bond acceptors (Lipinski definition) is 2. The van der Waals surface area contributed by atoms with Gasteiger partial charge >= 0.3 is 0 Å². The highest BCUT2D eigenvalue weighted by molar-refractivity contribution is 6.33. The van der Waals surface area contributed by atoms with Crippen LogP contribution in [0.3, 0.4) is 0 Å². The molecule has 0 saturated heterocycles. The number of aryl methyl sites for hydroxylation is 1. The summed E-state index contributed by atoms with van der Waals surface area (Å²) in [6.07, 6.45) is 0.639. The molecule has 0 N–H and O–H groups in total. The summed E-state index contributed by atoms with van der Waals surface area (Å²) in [6.45, 7) is 2.05. The molecule has 0 spiro atoms. The van der Waals surface area contributed by atoms with Crippen LogP contribution in [0.25, 0.3) is 0 Å². The SMILES string of the molecule is Cc1ccc(Cc2nc(Cl)cc(Cl)n2)cc1. The summed E-state index contributed by atoms with van der Waals surface area (Å²) < 4.78 is 0. The fourth-order valence-electron chi connectivity index (χ4n) is 1.40. The largest absolute Gasteiger partial charge is 0.221 e. The minimum atomic E-state index is 0.377. The van der Waals surface area contributed by atoms with E-state index in [0.29, 0.717) is 22.6 Å². The maximum absolute atomic E-state index is 5.81. The topological polar surface area (TPSA) is 25.8 Å². The molecule has 1 aromatic carbocycles. The second kappa shape index (κ2) is 4.81. The summed E-state index contributed by atoms with van der Waals surface area (Å²) in [4.78, 5) is 8.24. The summed E-state index contributed by atoms with van der Waals surface area (Å²) in [5.41, 5.74) is 2.37. The average Bonchev–Trinajstić information content (AvgIpc) is 2.20. The summed E-state index contributed by atoms with van der Waals surface area (Å²) in [5, 5.41) is 0.754. The third kappa shape index (κ3) is 2.94. The molecule has 2 aromatic rings. The van der Waals surface area contributed by atoms with Gasteiger partial charge in [-0.25, -0.2) is 9.97 Å². The van der Waals surface area contributed by atoms with Crippen LogP contribution in [-0.2, 0) is 6.42 Å². The monoisotopic (exact) mass is 252 g/mol. The van der Waals surface area contributed by atoms with E-state index in [1.54, 1.807) is 0 Å². The molecule has 0 fully saturated rings. The van der Waals surface area contributed by atoms with Gasteiger partial charge < -0.3 is 0 Å². The second-order valence-corrected chi connectivity index (χ2v) is 4.37. The molecule has 0 unspecified atom stereocenters. The normalized spacial score (nSPS) is 10.4. The third-order valence-corrected chi connectivity index (χ3v) is 2.58. The lowest BCUT2D eigenvalue weighted by molar-refractivity contribution is 0.968. The zero-order valence-electron chi connectivity index (χ0n) is 8.74. The van der Waals surface area contributed by atoms with Crippen molar-refractivity contribution >= 4 is 23.2 Å². The van der Waals surface area contributed by atoms with Gasteiger partial charge in [0, 0.05) is 12.5 Å². The van der Waals surface area contributed by atoms with Crippen LogP contribution in [0.5, 0.6) is 0 Å². The van der Waals surface area contributed by atoms with Crippen molar-refractivity contribution in [3.05, 3.63) is 57.6 Å². The Bertz CT molecular complexity index is 475. The Morgan fingerprint density at radius 3 is 2.12 bits per heavy atom. The van der Waals surface area contributed by atoms with E-state index in [1.807, 2.05) is 12.1 Å². The number of rotatable bonds is 2.